The van der Waals surface area contributed by atoms with E-state index < -0.39 is 7.14 Å². The van der Waals surface area contributed by atoms with Crippen LogP contribution >= 0.6 is 18.7 Å². The molecule has 2 heterocycles. The topological polar surface area (TPSA) is 99.7 Å². The molecule has 1 aromatic heterocycles. The van der Waals surface area contributed by atoms with Crippen LogP contribution in [0.5, 0.6) is 5.75 Å². The first-order valence-electron chi connectivity index (χ1n) is 14.3. The summed E-state index contributed by atoms with van der Waals surface area (Å²) in [5.41, 5.74) is 1.48. The molecule has 0 saturated carbocycles. The van der Waals surface area contributed by atoms with Crippen LogP contribution in [0, 0.1) is 0 Å². The van der Waals surface area contributed by atoms with E-state index >= 15 is 0 Å². The van der Waals surface area contributed by atoms with Crippen molar-refractivity contribution in [2.45, 2.75) is 32.2 Å². The van der Waals surface area contributed by atoms with Gasteiger partial charge in [-0.2, -0.15) is 4.98 Å². The third kappa shape index (κ3) is 8.57. The third-order valence-corrected chi connectivity index (χ3v) is 9.13. The third-order valence-electron chi connectivity index (χ3n) is 7.30. The highest BCUT2D eigenvalue weighted by Crippen LogP contribution is 2.38. The maximum absolute atomic E-state index is 12.8. The van der Waals surface area contributed by atoms with Crippen LogP contribution in [0.3, 0.4) is 0 Å². The quantitative estimate of drug-likeness (QED) is 0.135. The minimum atomic E-state index is -2.51. The summed E-state index contributed by atoms with van der Waals surface area (Å²) in [4.78, 5) is 25.1. The van der Waals surface area contributed by atoms with E-state index in [9.17, 15) is 9.36 Å². The van der Waals surface area contributed by atoms with Crippen molar-refractivity contribution in [3.05, 3.63) is 72.4 Å². The average Bonchev–Trinajstić information content (AvgIpc) is 2.98. The molecule has 2 N–H and O–H groups in total. The van der Waals surface area contributed by atoms with Gasteiger partial charge in [-0.3, -0.25) is 4.79 Å². The van der Waals surface area contributed by atoms with Crippen molar-refractivity contribution < 1.29 is 14.1 Å². The Kier molecular flexibility index (Phi) is 11.0. The van der Waals surface area contributed by atoms with Crippen LogP contribution in [0.4, 0.5) is 23.1 Å². The normalized spacial score (nSPS) is 14.1. The molecule has 4 rings (SSSR count). The van der Waals surface area contributed by atoms with Crippen molar-refractivity contribution in [3.8, 4) is 5.75 Å². The van der Waals surface area contributed by atoms with E-state index in [1.54, 1.807) is 13.3 Å². The monoisotopic (exact) mass is 610 g/mol. The summed E-state index contributed by atoms with van der Waals surface area (Å²) in [6.45, 7) is 13.3. The van der Waals surface area contributed by atoms with Crippen molar-refractivity contribution in [1.82, 2.24) is 19.8 Å². The molecule has 1 saturated heterocycles. The number of para-hydroxylation sites is 1. The SMILES string of the molecule is C=CC(=O)N1CCC(N(CC)CCCOc2cccc(Nc3ncc(Cl)c(Nc4ccccc4P(C)(C)=O)n3)c2)CC1. The highest BCUT2D eigenvalue weighted by molar-refractivity contribution is 7.70. The summed E-state index contributed by atoms with van der Waals surface area (Å²) in [5.74, 6) is 1.56. The second-order valence-electron chi connectivity index (χ2n) is 10.6. The number of rotatable bonds is 13. The molecule has 0 spiro atoms. The molecule has 0 unspecified atom stereocenters. The fourth-order valence-corrected chi connectivity index (χ4v) is 6.42. The van der Waals surface area contributed by atoms with Crippen molar-refractivity contribution in [2.24, 2.45) is 0 Å². The summed E-state index contributed by atoms with van der Waals surface area (Å²) >= 11 is 6.39. The van der Waals surface area contributed by atoms with Crippen LogP contribution in [-0.2, 0) is 9.36 Å². The summed E-state index contributed by atoms with van der Waals surface area (Å²) in [5, 5.41) is 7.52. The van der Waals surface area contributed by atoms with Crippen LogP contribution in [0.25, 0.3) is 0 Å². The number of piperidine rings is 1. The number of ether oxygens (including phenoxy) is 1. The Bertz CT molecular complexity index is 1420. The summed E-state index contributed by atoms with van der Waals surface area (Å²) in [7, 11) is -2.51. The van der Waals surface area contributed by atoms with E-state index in [-0.39, 0.29) is 5.91 Å². The average molecular weight is 611 g/mol. The van der Waals surface area contributed by atoms with Crippen LogP contribution in [0.1, 0.15) is 26.2 Å². The second kappa shape index (κ2) is 14.7. The molecular formula is C31H40ClN6O3P. The number of nitrogens with one attached hydrogen (secondary N) is 2. The van der Waals surface area contributed by atoms with E-state index in [4.69, 9.17) is 16.3 Å². The lowest BCUT2D eigenvalue weighted by Gasteiger charge is -2.37. The molecule has 224 valence electrons. The van der Waals surface area contributed by atoms with Gasteiger partial charge in [0.2, 0.25) is 11.9 Å². The smallest absolute Gasteiger partial charge is 0.245 e. The molecule has 0 radical (unpaired) electrons. The largest absolute Gasteiger partial charge is 0.493 e. The zero-order valence-corrected chi connectivity index (χ0v) is 26.2. The molecule has 42 heavy (non-hydrogen) atoms. The maximum Gasteiger partial charge on any atom is 0.245 e. The zero-order chi connectivity index (χ0) is 30.1. The Hall–Kier alpha value is -3.39. The van der Waals surface area contributed by atoms with E-state index in [0.717, 1.165) is 62.2 Å². The van der Waals surface area contributed by atoms with Gasteiger partial charge in [-0.15, -0.1) is 0 Å². The number of aromatic nitrogens is 2. The second-order valence-corrected chi connectivity index (χ2v) is 14.2. The predicted molar refractivity (Wildman–Crippen MR) is 173 cm³/mol. The van der Waals surface area contributed by atoms with Gasteiger partial charge in [-0.25, -0.2) is 4.98 Å². The highest BCUT2D eigenvalue weighted by Gasteiger charge is 2.25. The van der Waals surface area contributed by atoms with Crippen LogP contribution < -0.4 is 20.7 Å². The summed E-state index contributed by atoms with van der Waals surface area (Å²) in [6, 6.07) is 15.6. The maximum atomic E-state index is 12.8. The minimum absolute atomic E-state index is 0.0214. The Labute approximate surface area is 253 Å². The van der Waals surface area contributed by atoms with Crippen molar-refractivity contribution >= 4 is 53.1 Å². The highest BCUT2D eigenvalue weighted by atomic mass is 35.5. The Balaban J connectivity index is 1.31. The predicted octanol–water partition coefficient (Wildman–Crippen LogP) is 6.13. The van der Waals surface area contributed by atoms with E-state index in [0.29, 0.717) is 35.1 Å². The number of hydrogen-bond acceptors (Lipinski definition) is 8. The van der Waals surface area contributed by atoms with Crippen molar-refractivity contribution in [1.29, 1.82) is 0 Å². The zero-order valence-electron chi connectivity index (χ0n) is 24.6. The van der Waals surface area contributed by atoms with Crippen LogP contribution in [-0.4, -0.2) is 77.8 Å². The fraction of sp³-hybridized carbons (Fsp3) is 0.387. The standard InChI is InChI=1S/C31H40ClN6O3P/c1-5-29(39)38-18-15-24(16-19-38)37(6-2)17-10-20-41-25-12-9-11-23(21-25)34-31-33-22-26(32)30(36-31)35-27-13-7-8-14-28(27)42(3,4)40/h5,7-9,11-14,21-22,24H,1,6,10,15-20H2,2-4H3,(H2,33,34,35,36). The molecule has 0 atom stereocenters. The fourth-order valence-electron chi connectivity index (χ4n) is 5.12. The lowest BCUT2D eigenvalue weighted by molar-refractivity contribution is -0.127. The van der Waals surface area contributed by atoms with Gasteiger partial charge in [0.05, 0.1) is 18.5 Å². The number of halogens is 1. The number of amides is 1. The number of anilines is 4. The Morgan fingerprint density at radius 1 is 1.19 bits per heavy atom. The van der Waals surface area contributed by atoms with E-state index in [1.807, 2.05) is 53.4 Å². The van der Waals surface area contributed by atoms with Crippen LogP contribution in [0.15, 0.2) is 67.4 Å². The van der Waals surface area contributed by atoms with Gasteiger partial charge in [-0.05, 0) is 69.5 Å². The van der Waals surface area contributed by atoms with Gasteiger partial charge in [0.1, 0.15) is 17.9 Å². The number of benzene rings is 2. The van der Waals surface area contributed by atoms with Gasteiger partial charge in [0, 0.05) is 42.7 Å². The molecule has 1 fully saturated rings. The van der Waals surface area contributed by atoms with Gasteiger partial charge in [-0.1, -0.05) is 43.3 Å². The lowest BCUT2D eigenvalue weighted by atomic mass is 10.0. The van der Waals surface area contributed by atoms with Gasteiger partial charge < -0.3 is 29.7 Å². The number of nitrogens with zero attached hydrogens (tertiary/aromatic N) is 4. The molecule has 0 bridgehead atoms. The molecule has 1 aliphatic heterocycles. The molecule has 9 nitrogen and oxygen atoms in total. The molecule has 1 amide bonds. The summed E-state index contributed by atoms with van der Waals surface area (Å²) < 4.78 is 18.8. The van der Waals surface area contributed by atoms with E-state index in [1.165, 1.54) is 12.3 Å². The molecule has 1 aliphatic rings. The van der Waals surface area contributed by atoms with Crippen molar-refractivity contribution in [3.63, 3.8) is 0 Å². The van der Waals surface area contributed by atoms with E-state index in [2.05, 4.69) is 39.0 Å². The molecule has 2 aromatic carbocycles. The molecular weight excluding hydrogens is 571 g/mol. The first-order valence-corrected chi connectivity index (χ1v) is 17.2. The van der Waals surface area contributed by atoms with Crippen LogP contribution in [0.2, 0.25) is 5.02 Å². The van der Waals surface area contributed by atoms with Gasteiger partial charge in [0.15, 0.2) is 5.82 Å². The Morgan fingerprint density at radius 3 is 2.67 bits per heavy atom. The van der Waals surface area contributed by atoms with Gasteiger partial charge >= 0.3 is 0 Å². The first kappa shape index (κ1) is 31.5. The molecule has 0 aliphatic carbocycles. The lowest BCUT2D eigenvalue weighted by Crippen LogP contribution is -2.46. The summed E-state index contributed by atoms with van der Waals surface area (Å²) in [6.07, 6.45) is 5.79. The Morgan fingerprint density at radius 2 is 1.95 bits per heavy atom. The minimum Gasteiger partial charge on any atom is -0.493 e. The number of hydrogen-bond donors (Lipinski definition) is 2. The molecule has 11 heteroatoms. The number of carbonyl (C=O) groups excluding carboxylic acids is 1. The number of carbonyl (C=O) groups is 1. The first-order chi connectivity index (χ1) is 20.2. The van der Waals surface area contributed by atoms with Gasteiger partial charge in [0.25, 0.3) is 0 Å². The molecule has 3 aromatic rings. The number of likely N-dealkylation sites (tertiary alicyclic amines) is 1. The van der Waals surface area contributed by atoms with Crippen molar-refractivity contribution in [2.75, 3.05) is 56.7 Å².